The maximum atomic E-state index is 11.3. The van der Waals surface area contributed by atoms with E-state index in [4.69, 9.17) is 16.2 Å². The van der Waals surface area contributed by atoms with Gasteiger partial charge in [-0.1, -0.05) is 6.92 Å². The molecule has 0 radical (unpaired) electrons. The van der Waals surface area contributed by atoms with Crippen molar-refractivity contribution in [2.75, 3.05) is 12.8 Å². The van der Waals surface area contributed by atoms with Gasteiger partial charge < -0.3 is 20.8 Å². The number of imidazole rings is 1. The summed E-state index contributed by atoms with van der Waals surface area (Å²) < 4.78 is 7.08. The zero-order valence-electron chi connectivity index (χ0n) is 10.4. The second-order valence-corrected chi connectivity index (χ2v) is 4.03. The number of methoxy groups -OCH3 is 1. The van der Waals surface area contributed by atoms with Crippen molar-refractivity contribution in [2.24, 2.45) is 5.73 Å². The van der Waals surface area contributed by atoms with E-state index >= 15 is 0 Å². The van der Waals surface area contributed by atoms with Crippen molar-refractivity contribution in [3.05, 3.63) is 17.7 Å². The predicted molar refractivity (Wildman–Crippen MR) is 69.5 cm³/mol. The summed E-state index contributed by atoms with van der Waals surface area (Å²) in [5.74, 6) is 0.410. The molecule has 1 amide bonds. The second-order valence-electron chi connectivity index (χ2n) is 4.03. The minimum atomic E-state index is -0.502. The van der Waals surface area contributed by atoms with Gasteiger partial charge in [0.05, 0.1) is 12.6 Å². The van der Waals surface area contributed by atoms with Crippen LogP contribution in [0.4, 0.5) is 5.95 Å². The Balaban J connectivity index is 2.76. The second kappa shape index (κ2) is 4.56. The molecule has 2 aromatic rings. The molecule has 4 N–H and O–H groups in total. The van der Waals surface area contributed by atoms with Crippen LogP contribution in [0.15, 0.2) is 12.1 Å². The Bertz CT molecular complexity index is 604. The van der Waals surface area contributed by atoms with Crippen LogP contribution in [0.25, 0.3) is 11.0 Å². The van der Waals surface area contributed by atoms with Crippen molar-refractivity contribution in [3.63, 3.8) is 0 Å². The number of primary amides is 1. The number of hydrogen-bond donors (Lipinski definition) is 2. The first-order valence-corrected chi connectivity index (χ1v) is 5.72. The standard InChI is InChI=1S/C12H16N4O2/c1-3-4-16-8-5-7(11(13)17)6-9(18-2)10(8)15-12(16)14/h5-6H,3-4H2,1-2H3,(H2,13,17)(H2,14,15). The van der Waals surface area contributed by atoms with Gasteiger partial charge in [-0.3, -0.25) is 4.79 Å². The number of nitrogens with zero attached hydrogens (tertiary/aromatic N) is 2. The van der Waals surface area contributed by atoms with E-state index < -0.39 is 5.91 Å². The lowest BCUT2D eigenvalue weighted by Gasteiger charge is -2.06. The number of fused-ring (bicyclic) bond motifs is 1. The number of rotatable bonds is 4. The number of aryl methyl sites for hydroxylation is 1. The molecule has 0 bridgehead atoms. The van der Waals surface area contributed by atoms with Crippen LogP contribution in [0.5, 0.6) is 5.75 Å². The van der Waals surface area contributed by atoms with E-state index in [9.17, 15) is 4.79 Å². The number of anilines is 1. The van der Waals surface area contributed by atoms with E-state index in [1.807, 2.05) is 11.5 Å². The van der Waals surface area contributed by atoms with E-state index in [1.54, 1.807) is 12.1 Å². The minimum absolute atomic E-state index is 0.386. The van der Waals surface area contributed by atoms with Crippen LogP contribution in [0.2, 0.25) is 0 Å². The van der Waals surface area contributed by atoms with Crippen LogP contribution in [-0.4, -0.2) is 22.6 Å². The number of nitrogens with two attached hydrogens (primary N) is 2. The van der Waals surface area contributed by atoms with Gasteiger partial charge in [-0.15, -0.1) is 0 Å². The fraction of sp³-hybridized carbons (Fsp3) is 0.333. The molecule has 2 rings (SSSR count). The van der Waals surface area contributed by atoms with Gasteiger partial charge in [-0.25, -0.2) is 4.98 Å². The topological polar surface area (TPSA) is 96.2 Å². The lowest BCUT2D eigenvalue weighted by atomic mass is 10.1. The molecular weight excluding hydrogens is 232 g/mol. The highest BCUT2D eigenvalue weighted by molar-refractivity contribution is 5.98. The van der Waals surface area contributed by atoms with E-state index in [1.165, 1.54) is 7.11 Å². The molecule has 0 saturated heterocycles. The highest BCUT2D eigenvalue weighted by Gasteiger charge is 2.15. The van der Waals surface area contributed by atoms with Crippen LogP contribution in [0.1, 0.15) is 23.7 Å². The number of aromatic nitrogens is 2. The number of carbonyl (C=O) groups excluding carboxylic acids is 1. The fourth-order valence-corrected chi connectivity index (χ4v) is 1.97. The van der Waals surface area contributed by atoms with Gasteiger partial charge in [0.2, 0.25) is 11.9 Å². The van der Waals surface area contributed by atoms with Crippen LogP contribution in [0, 0.1) is 0 Å². The summed E-state index contributed by atoms with van der Waals surface area (Å²) in [7, 11) is 1.52. The summed E-state index contributed by atoms with van der Waals surface area (Å²) in [6.45, 7) is 2.77. The normalized spacial score (nSPS) is 10.8. The average Bonchev–Trinajstić information content (AvgIpc) is 2.65. The molecule has 0 atom stereocenters. The first kappa shape index (κ1) is 12.2. The Hall–Kier alpha value is -2.24. The molecule has 1 heterocycles. The van der Waals surface area contributed by atoms with Crippen molar-refractivity contribution in [1.82, 2.24) is 9.55 Å². The maximum absolute atomic E-state index is 11.3. The summed E-state index contributed by atoms with van der Waals surface area (Å²) in [5.41, 5.74) is 13.0. The molecule has 18 heavy (non-hydrogen) atoms. The lowest BCUT2D eigenvalue weighted by molar-refractivity contribution is 0.1000. The Kier molecular flexibility index (Phi) is 3.10. The maximum Gasteiger partial charge on any atom is 0.248 e. The van der Waals surface area contributed by atoms with Crippen molar-refractivity contribution >= 4 is 22.9 Å². The number of hydrogen-bond acceptors (Lipinski definition) is 4. The molecule has 0 aliphatic carbocycles. The molecule has 0 saturated carbocycles. The predicted octanol–water partition coefficient (Wildman–Crippen LogP) is 1.14. The van der Waals surface area contributed by atoms with E-state index in [-0.39, 0.29) is 0 Å². The van der Waals surface area contributed by atoms with E-state index in [2.05, 4.69) is 4.98 Å². The third kappa shape index (κ3) is 1.85. The molecule has 6 nitrogen and oxygen atoms in total. The number of amides is 1. The molecule has 6 heteroatoms. The van der Waals surface area contributed by atoms with Crippen molar-refractivity contribution in [3.8, 4) is 5.75 Å². The third-order valence-electron chi connectivity index (χ3n) is 2.80. The SMILES string of the molecule is CCCn1c(N)nc2c(OC)cc(C(N)=O)cc21. The van der Waals surface area contributed by atoms with Crippen LogP contribution in [-0.2, 0) is 6.54 Å². The summed E-state index contributed by atoms with van der Waals surface area (Å²) in [5, 5.41) is 0. The molecule has 96 valence electrons. The van der Waals surface area contributed by atoms with Crippen molar-refractivity contribution < 1.29 is 9.53 Å². The van der Waals surface area contributed by atoms with Gasteiger partial charge in [-0.05, 0) is 18.6 Å². The lowest BCUT2D eigenvalue weighted by Crippen LogP contribution is -2.11. The first-order chi connectivity index (χ1) is 8.58. The molecule has 1 aromatic heterocycles. The molecule has 0 unspecified atom stereocenters. The van der Waals surface area contributed by atoms with Gasteiger partial charge >= 0.3 is 0 Å². The first-order valence-electron chi connectivity index (χ1n) is 5.72. The van der Waals surface area contributed by atoms with Crippen molar-refractivity contribution in [1.29, 1.82) is 0 Å². The smallest absolute Gasteiger partial charge is 0.248 e. The number of nitrogen functional groups attached to an aromatic ring is 1. The Morgan fingerprint density at radius 2 is 2.22 bits per heavy atom. The molecule has 0 fully saturated rings. The Morgan fingerprint density at radius 3 is 2.78 bits per heavy atom. The molecular formula is C12H16N4O2. The number of benzene rings is 1. The van der Waals surface area contributed by atoms with E-state index in [0.29, 0.717) is 22.8 Å². The van der Waals surface area contributed by atoms with Gasteiger partial charge in [0, 0.05) is 12.1 Å². The number of ether oxygens (including phenoxy) is 1. The zero-order chi connectivity index (χ0) is 13.3. The zero-order valence-corrected chi connectivity index (χ0v) is 10.4. The highest BCUT2D eigenvalue weighted by atomic mass is 16.5. The monoisotopic (exact) mass is 248 g/mol. The molecule has 1 aromatic carbocycles. The van der Waals surface area contributed by atoms with Gasteiger partial charge in [-0.2, -0.15) is 0 Å². The average molecular weight is 248 g/mol. The number of carbonyl (C=O) groups is 1. The molecule has 0 aliphatic heterocycles. The minimum Gasteiger partial charge on any atom is -0.494 e. The molecule has 0 aliphatic rings. The van der Waals surface area contributed by atoms with Crippen LogP contribution < -0.4 is 16.2 Å². The van der Waals surface area contributed by atoms with E-state index in [0.717, 1.165) is 18.5 Å². The fourth-order valence-electron chi connectivity index (χ4n) is 1.97. The summed E-state index contributed by atoms with van der Waals surface area (Å²) in [4.78, 5) is 15.6. The van der Waals surface area contributed by atoms with Gasteiger partial charge in [0.1, 0.15) is 11.3 Å². The molecule has 0 spiro atoms. The van der Waals surface area contributed by atoms with Gasteiger partial charge in [0.25, 0.3) is 0 Å². The highest BCUT2D eigenvalue weighted by Crippen LogP contribution is 2.29. The summed E-state index contributed by atoms with van der Waals surface area (Å²) in [6, 6.07) is 3.27. The largest absolute Gasteiger partial charge is 0.494 e. The Morgan fingerprint density at radius 1 is 1.50 bits per heavy atom. The quantitative estimate of drug-likeness (QED) is 0.847. The van der Waals surface area contributed by atoms with Crippen LogP contribution >= 0.6 is 0 Å². The summed E-state index contributed by atoms with van der Waals surface area (Å²) in [6.07, 6.45) is 0.915. The summed E-state index contributed by atoms with van der Waals surface area (Å²) >= 11 is 0. The third-order valence-corrected chi connectivity index (χ3v) is 2.80. The van der Waals surface area contributed by atoms with Gasteiger partial charge in [0.15, 0.2) is 0 Å². The Labute approximate surface area is 105 Å². The van der Waals surface area contributed by atoms with Crippen molar-refractivity contribution in [2.45, 2.75) is 19.9 Å². The van der Waals surface area contributed by atoms with Crippen LogP contribution in [0.3, 0.4) is 0 Å².